The molecular formula is H3BO2Te. The van der Waals surface area contributed by atoms with Crippen LogP contribution in [-0.2, 0) is 0 Å². The summed E-state index contributed by atoms with van der Waals surface area (Å²) < 4.78 is 0. The molecule has 24 valence electrons. The molecule has 2 nitrogen and oxygen atoms in total. The Morgan fingerprint density at radius 3 is 1.50 bits per heavy atom. The van der Waals surface area contributed by atoms with E-state index in [1.165, 1.54) is 0 Å². The van der Waals surface area contributed by atoms with Gasteiger partial charge in [0.25, 0.3) is 0 Å². The van der Waals surface area contributed by atoms with Crippen molar-refractivity contribution in [3.8, 4) is 0 Å². The van der Waals surface area contributed by atoms with Crippen molar-refractivity contribution in [2.75, 3.05) is 0 Å². The van der Waals surface area contributed by atoms with E-state index in [1.54, 1.807) is 0 Å². The van der Waals surface area contributed by atoms with Crippen molar-refractivity contribution in [1.29, 1.82) is 0 Å². The molecule has 0 amide bonds. The number of rotatable bonds is 0. The Morgan fingerprint density at radius 1 is 1.50 bits per heavy atom. The molecule has 0 saturated carbocycles. The Kier molecular flexibility index (Phi) is 2.43. The van der Waals surface area contributed by atoms with Crippen molar-refractivity contribution in [1.82, 2.24) is 0 Å². The standard InChI is InChI=1S/BH3O2Te/c2-1(3)4/h2-4H. The molecule has 0 heterocycles. The zero-order valence-electron chi connectivity index (χ0n) is 1.92. The van der Waals surface area contributed by atoms with Gasteiger partial charge in [0.2, 0.25) is 0 Å². The Morgan fingerprint density at radius 2 is 1.50 bits per heavy atom. The topological polar surface area (TPSA) is 40.5 Å². The maximum atomic E-state index is 7.63. The molecule has 0 aromatic carbocycles. The molecule has 0 saturated heterocycles. The van der Waals surface area contributed by atoms with Gasteiger partial charge in [-0.1, -0.05) is 0 Å². The average molecular weight is 173 g/mol. The van der Waals surface area contributed by atoms with Crippen LogP contribution in [0.3, 0.4) is 0 Å². The molecule has 0 aliphatic rings. The summed E-state index contributed by atoms with van der Waals surface area (Å²) >= 11 is 0.983. The normalized spacial score (nSPS) is 6.75. The zero-order valence-corrected chi connectivity index (χ0v) is 4.47. The molecule has 0 bridgehead atoms. The van der Waals surface area contributed by atoms with E-state index < -0.39 is 5.02 Å². The van der Waals surface area contributed by atoms with Gasteiger partial charge in [0.15, 0.2) is 0 Å². The van der Waals surface area contributed by atoms with Crippen LogP contribution in [0.2, 0.25) is 0 Å². The predicted molar refractivity (Wildman–Crippen MR) is 17.3 cm³/mol. The van der Waals surface area contributed by atoms with Crippen LogP contribution in [0.4, 0.5) is 0 Å². The van der Waals surface area contributed by atoms with E-state index in [0.717, 1.165) is 22.1 Å². The minimum absolute atomic E-state index is 0.983. The Balaban J connectivity index is 2.32. The minimum atomic E-state index is -1.12. The van der Waals surface area contributed by atoms with E-state index in [4.69, 9.17) is 10.0 Å². The third kappa shape index (κ3) is 14.6. The average Bonchev–Trinajstić information content (AvgIpc) is 0.811. The van der Waals surface area contributed by atoms with Crippen molar-refractivity contribution >= 4 is 27.1 Å². The Bertz CT molecular complexity index is 10.8. The maximum absolute atomic E-state index is 7.63. The van der Waals surface area contributed by atoms with Crippen LogP contribution in [-0.4, -0.2) is 37.1 Å². The van der Waals surface area contributed by atoms with Crippen LogP contribution in [0, 0.1) is 0 Å². The first kappa shape index (κ1) is 4.77. The molecule has 0 aromatic rings. The van der Waals surface area contributed by atoms with Gasteiger partial charge >= 0.3 is 37.1 Å². The van der Waals surface area contributed by atoms with Gasteiger partial charge in [-0.3, -0.25) is 0 Å². The van der Waals surface area contributed by atoms with Crippen molar-refractivity contribution in [3.05, 3.63) is 0 Å². The first-order valence-electron chi connectivity index (χ1n) is 0.775. The van der Waals surface area contributed by atoms with E-state index in [2.05, 4.69) is 0 Å². The summed E-state index contributed by atoms with van der Waals surface area (Å²) in [5.41, 5.74) is 0. The SMILES string of the molecule is OB(O)[TeH]. The van der Waals surface area contributed by atoms with Crippen molar-refractivity contribution in [2.45, 2.75) is 0 Å². The van der Waals surface area contributed by atoms with Gasteiger partial charge in [0.1, 0.15) is 0 Å². The van der Waals surface area contributed by atoms with Crippen molar-refractivity contribution in [2.24, 2.45) is 0 Å². The first-order chi connectivity index (χ1) is 1.73. The first-order valence-corrected chi connectivity index (χ1v) is 2.25. The summed E-state index contributed by atoms with van der Waals surface area (Å²) in [6.07, 6.45) is 0. The van der Waals surface area contributed by atoms with Crippen molar-refractivity contribution < 1.29 is 10.0 Å². The summed E-state index contributed by atoms with van der Waals surface area (Å²) in [5.74, 6) is 0. The van der Waals surface area contributed by atoms with E-state index in [-0.39, 0.29) is 0 Å². The molecule has 4 heavy (non-hydrogen) atoms. The molecule has 0 unspecified atom stereocenters. The van der Waals surface area contributed by atoms with Gasteiger partial charge in [0, 0.05) is 0 Å². The second kappa shape index (κ2) is 2.04. The number of hydrogen-bond acceptors (Lipinski definition) is 2. The molecular weight excluding hydrogens is 170 g/mol. The summed E-state index contributed by atoms with van der Waals surface area (Å²) in [6.45, 7) is 0. The van der Waals surface area contributed by atoms with Crippen LogP contribution < -0.4 is 0 Å². The Labute approximate surface area is 37.6 Å². The molecule has 0 aromatic heterocycles. The zero-order chi connectivity index (χ0) is 3.58. The van der Waals surface area contributed by atoms with E-state index in [1.807, 2.05) is 0 Å². The summed E-state index contributed by atoms with van der Waals surface area (Å²) in [4.78, 5) is 0. The van der Waals surface area contributed by atoms with Gasteiger partial charge in [-0.15, -0.1) is 0 Å². The van der Waals surface area contributed by atoms with Crippen LogP contribution in [0.5, 0.6) is 0 Å². The van der Waals surface area contributed by atoms with Crippen LogP contribution in [0.1, 0.15) is 0 Å². The summed E-state index contributed by atoms with van der Waals surface area (Å²) in [7, 11) is 0. The molecule has 0 atom stereocenters. The molecule has 0 fully saturated rings. The molecule has 0 radical (unpaired) electrons. The summed E-state index contributed by atoms with van der Waals surface area (Å²) in [6, 6.07) is 0. The fourth-order valence-corrected chi connectivity index (χ4v) is 0. The Hall–Kier alpha value is 0.775. The van der Waals surface area contributed by atoms with E-state index in [0.29, 0.717) is 0 Å². The predicted octanol–water partition coefficient (Wildman–Crippen LogP) is -2.14. The fraction of sp³-hybridized carbons (Fsp3) is 0. The van der Waals surface area contributed by atoms with Gasteiger partial charge in [-0.05, 0) is 0 Å². The molecule has 4 heteroatoms. The van der Waals surface area contributed by atoms with E-state index >= 15 is 0 Å². The van der Waals surface area contributed by atoms with E-state index in [9.17, 15) is 0 Å². The molecule has 0 aliphatic heterocycles. The van der Waals surface area contributed by atoms with Crippen molar-refractivity contribution in [3.63, 3.8) is 0 Å². The van der Waals surface area contributed by atoms with Crippen LogP contribution >= 0.6 is 0 Å². The molecule has 0 spiro atoms. The summed E-state index contributed by atoms with van der Waals surface area (Å²) in [5, 5.41) is 14.2. The molecule has 0 rings (SSSR count). The third-order valence-electron chi connectivity index (χ3n) is 0. The fourth-order valence-electron chi connectivity index (χ4n) is 0. The monoisotopic (exact) mass is 176 g/mol. The molecule has 2 N–H and O–H groups in total. The van der Waals surface area contributed by atoms with Gasteiger partial charge in [-0.2, -0.15) is 0 Å². The second-order valence-corrected chi connectivity index (χ2v) is 1.66. The molecule has 0 aliphatic carbocycles. The van der Waals surface area contributed by atoms with Crippen LogP contribution in [0.15, 0.2) is 0 Å². The van der Waals surface area contributed by atoms with Gasteiger partial charge in [-0.25, -0.2) is 0 Å². The van der Waals surface area contributed by atoms with Crippen LogP contribution in [0.25, 0.3) is 0 Å². The quantitative estimate of drug-likeness (QED) is 0.411. The van der Waals surface area contributed by atoms with Gasteiger partial charge in [0.05, 0.1) is 0 Å². The van der Waals surface area contributed by atoms with Gasteiger partial charge < -0.3 is 0 Å². The second-order valence-electron chi connectivity index (χ2n) is 0.346. The third-order valence-corrected chi connectivity index (χ3v) is 0. The number of hydrogen-bond donors (Lipinski definition) is 2.